The number of fused-ring (bicyclic) bond motifs is 1. The van der Waals surface area contributed by atoms with Crippen molar-refractivity contribution in [2.24, 2.45) is 5.92 Å². The summed E-state index contributed by atoms with van der Waals surface area (Å²) in [6, 6.07) is 14.4. The van der Waals surface area contributed by atoms with E-state index in [2.05, 4.69) is 16.3 Å². The van der Waals surface area contributed by atoms with Gasteiger partial charge in [-0.1, -0.05) is 18.2 Å². The maximum atomic E-state index is 12.9. The molecule has 2 aromatic carbocycles. The van der Waals surface area contributed by atoms with Crippen molar-refractivity contribution in [1.82, 2.24) is 9.80 Å². The summed E-state index contributed by atoms with van der Waals surface area (Å²) in [4.78, 5) is 17.0. The molecule has 1 N–H and O–H groups in total. The van der Waals surface area contributed by atoms with Crippen LogP contribution in [-0.2, 0) is 6.54 Å². The number of hydrogen-bond acceptors (Lipinski definition) is 3. The van der Waals surface area contributed by atoms with Crippen LogP contribution in [0.3, 0.4) is 0 Å². The Balaban J connectivity index is 1.18. The van der Waals surface area contributed by atoms with E-state index in [-0.39, 0.29) is 11.7 Å². The molecule has 4 nitrogen and oxygen atoms in total. The Morgan fingerprint density at radius 3 is 2.52 bits per heavy atom. The Hall–Kier alpha value is -2.40. The molecule has 1 fully saturated rings. The third-order valence-electron chi connectivity index (χ3n) is 5.68. The highest BCUT2D eigenvalue weighted by Gasteiger charge is 2.29. The normalized spacial score (nSPS) is 18.0. The highest BCUT2D eigenvalue weighted by molar-refractivity contribution is 5.98. The van der Waals surface area contributed by atoms with Crippen molar-refractivity contribution in [3.8, 4) is 0 Å². The molecule has 2 aliphatic rings. The summed E-state index contributed by atoms with van der Waals surface area (Å²) in [6.45, 7) is 5.62. The fourth-order valence-corrected chi connectivity index (χ4v) is 4.09. The molecule has 4 rings (SSSR count). The van der Waals surface area contributed by atoms with Crippen molar-refractivity contribution < 1.29 is 9.18 Å². The molecule has 0 saturated carbocycles. The number of amides is 1. The third-order valence-corrected chi connectivity index (χ3v) is 5.68. The van der Waals surface area contributed by atoms with Gasteiger partial charge < -0.3 is 15.1 Å². The molecule has 2 heterocycles. The number of nitrogens with one attached hydrogen (secondary N) is 1. The van der Waals surface area contributed by atoms with Crippen molar-refractivity contribution in [3.63, 3.8) is 0 Å². The first kappa shape index (κ1) is 18.0. The predicted octanol–water partition coefficient (Wildman–Crippen LogP) is 3.61. The van der Waals surface area contributed by atoms with Crippen LogP contribution in [0.4, 0.5) is 10.1 Å². The zero-order valence-electron chi connectivity index (χ0n) is 15.5. The van der Waals surface area contributed by atoms with E-state index in [0.29, 0.717) is 5.92 Å². The molecule has 0 aliphatic carbocycles. The number of likely N-dealkylation sites (tertiary alicyclic amines) is 1. The summed E-state index contributed by atoms with van der Waals surface area (Å²) >= 11 is 0. The minimum atomic E-state index is -0.206. The molecule has 27 heavy (non-hydrogen) atoms. The van der Waals surface area contributed by atoms with E-state index in [0.717, 1.165) is 68.9 Å². The number of benzene rings is 2. The Morgan fingerprint density at radius 2 is 1.78 bits per heavy atom. The van der Waals surface area contributed by atoms with Crippen LogP contribution in [0.5, 0.6) is 0 Å². The van der Waals surface area contributed by atoms with Crippen LogP contribution in [0, 0.1) is 11.7 Å². The number of piperidine rings is 1. The van der Waals surface area contributed by atoms with Gasteiger partial charge in [-0.3, -0.25) is 4.79 Å². The van der Waals surface area contributed by atoms with Gasteiger partial charge in [-0.05, 0) is 67.7 Å². The van der Waals surface area contributed by atoms with Crippen LogP contribution in [-0.4, -0.2) is 48.4 Å². The first-order chi connectivity index (χ1) is 13.2. The Labute approximate surface area is 160 Å². The second-order valence-corrected chi connectivity index (χ2v) is 7.56. The standard InChI is InChI=1S/C22H26FN3O/c23-19-5-7-20(8-6-19)24-11-14-25-12-9-17(10-13-25)15-26-16-18-3-1-2-4-21(18)22(26)27/h1-8,17,24H,9-16H2. The van der Waals surface area contributed by atoms with E-state index in [9.17, 15) is 9.18 Å². The van der Waals surface area contributed by atoms with E-state index in [1.54, 1.807) is 12.1 Å². The fourth-order valence-electron chi connectivity index (χ4n) is 4.09. The number of anilines is 1. The summed E-state index contributed by atoms with van der Waals surface area (Å²) in [5, 5.41) is 3.34. The van der Waals surface area contributed by atoms with E-state index >= 15 is 0 Å². The monoisotopic (exact) mass is 367 g/mol. The number of carbonyl (C=O) groups is 1. The SMILES string of the molecule is O=C1c2ccccc2CN1CC1CCN(CCNc2ccc(F)cc2)CC1. The van der Waals surface area contributed by atoms with Gasteiger partial charge in [0.1, 0.15) is 5.82 Å². The van der Waals surface area contributed by atoms with Crippen molar-refractivity contribution in [2.75, 3.05) is 38.0 Å². The molecule has 1 amide bonds. The molecule has 2 aliphatic heterocycles. The van der Waals surface area contributed by atoms with E-state index < -0.39 is 0 Å². The largest absolute Gasteiger partial charge is 0.384 e. The summed E-state index contributed by atoms with van der Waals surface area (Å²) in [7, 11) is 0. The van der Waals surface area contributed by atoms with Crippen molar-refractivity contribution in [2.45, 2.75) is 19.4 Å². The maximum absolute atomic E-state index is 12.9. The van der Waals surface area contributed by atoms with E-state index in [1.165, 1.54) is 12.1 Å². The molecule has 0 spiro atoms. The Morgan fingerprint density at radius 1 is 1.04 bits per heavy atom. The summed E-state index contributed by atoms with van der Waals surface area (Å²) in [5.41, 5.74) is 2.99. The van der Waals surface area contributed by atoms with Gasteiger partial charge in [0.15, 0.2) is 0 Å². The average molecular weight is 367 g/mol. The summed E-state index contributed by atoms with van der Waals surface area (Å²) in [6.07, 6.45) is 2.27. The summed E-state index contributed by atoms with van der Waals surface area (Å²) < 4.78 is 12.9. The summed E-state index contributed by atoms with van der Waals surface area (Å²) in [5.74, 6) is 0.572. The highest BCUT2D eigenvalue weighted by atomic mass is 19.1. The molecule has 5 heteroatoms. The molecular weight excluding hydrogens is 341 g/mol. The van der Waals surface area contributed by atoms with Gasteiger partial charge >= 0.3 is 0 Å². The van der Waals surface area contributed by atoms with Crippen molar-refractivity contribution in [1.29, 1.82) is 0 Å². The number of rotatable bonds is 6. The lowest BCUT2D eigenvalue weighted by atomic mass is 9.96. The minimum absolute atomic E-state index is 0.191. The third kappa shape index (κ3) is 4.30. The zero-order valence-corrected chi connectivity index (χ0v) is 15.5. The van der Waals surface area contributed by atoms with Gasteiger partial charge in [0.25, 0.3) is 5.91 Å². The van der Waals surface area contributed by atoms with Crippen LogP contribution >= 0.6 is 0 Å². The highest BCUT2D eigenvalue weighted by Crippen LogP contribution is 2.26. The molecule has 0 aromatic heterocycles. The topological polar surface area (TPSA) is 35.6 Å². The van der Waals surface area contributed by atoms with Gasteiger partial charge in [-0.15, -0.1) is 0 Å². The minimum Gasteiger partial charge on any atom is -0.384 e. The number of carbonyl (C=O) groups excluding carboxylic acids is 1. The lowest BCUT2D eigenvalue weighted by Gasteiger charge is -2.33. The van der Waals surface area contributed by atoms with Gasteiger partial charge in [0.05, 0.1) is 0 Å². The van der Waals surface area contributed by atoms with Crippen LogP contribution in [0.1, 0.15) is 28.8 Å². The van der Waals surface area contributed by atoms with Gasteiger partial charge in [0, 0.05) is 37.4 Å². The van der Waals surface area contributed by atoms with Crippen molar-refractivity contribution in [3.05, 3.63) is 65.5 Å². The fraction of sp³-hybridized carbons (Fsp3) is 0.409. The quantitative estimate of drug-likeness (QED) is 0.847. The second kappa shape index (κ2) is 8.09. The molecule has 0 atom stereocenters. The smallest absolute Gasteiger partial charge is 0.254 e. The van der Waals surface area contributed by atoms with E-state index in [4.69, 9.17) is 0 Å². The lowest BCUT2D eigenvalue weighted by Crippen LogP contribution is -2.40. The number of halogens is 1. The first-order valence-electron chi connectivity index (χ1n) is 9.78. The maximum Gasteiger partial charge on any atom is 0.254 e. The lowest BCUT2D eigenvalue weighted by molar-refractivity contribution is 0.0715. The molecule has 1 saturated heterocycles. The molecule has 142 valence electrons. The Kier molecular flexibility index (Phi) is 5.39. The van der Waals surface area contributed by atoms with E-state index in [1.807, 2.05) is 23.1 Å². The van der Waals surface area contributed by atoms with Gasteiger partial charge in [-0.25, -0.2) is 4.39 Å². The molecule has 0 bridgehead atoms. The number of hydrogen-bond donors (Lipinski definition) is 1. The van der Waals surface area contributed by atoms with Crippen LogP contribution in [0.25, 0.3) is 0 Å². The molecule has 2 aromatic rings. The molecule has 0 radical (unpaired) electrons. The van der Waals surface area contributed by atoms with Crippen molar-refractivity contribution >= 4 is 11.6 Å². The van der Waals surface area contributed by atoms with Gasteiger partial charge in [-0.2, -0.15) is 0 Å². The Bertz CT molecular complexity index is 784. The van der Waals surface area contributed by atoms with Crippen LogP contribution < -0.4 is 5.32 Å². The van der Waals surface area contributed by atoms with Crippen LogP contribution in [0.15, 0.2) is 48.5 Å². The molecular formula is C22H26FN3O. The molecule has 0 unspecified atom stereocenters. The first-order valence-corrected chi connectivity index (χ1v) is 9.78. The van der Waals surface area contributed by atoms with Gasteiger partial charge in [0.2, 0.25) is 0 Å². The van der Waals surface area contributed by atoms with Crippen LogP contribution in [0.2, 0.25) is 0 Å². The second-order valence-electron chi connectivity index (χ2n) is 7.56. The zero-order chi connectivity index (χ0) is 18.6. The predicted molar refractivity (Wildman–Crippen MR) is 105 cm³/mol. The average Bonchev–Trinajstić information content (AvgIpc) is 3.01. The number of nitrogens with zero attached hydrogens (tertiary/aromatic N) is 2.